The molecule has 1 atom stereocenters. The standard InChI is InChI=1S/C7H19NOS.H2O/c1-5-10(4,9)7-6-8(2)3;/h9H,5-7H2,1-4H3;1H2. The van der Waals surface area contributed by atoms with Gasteiger partial charge in [0.1, 0.15) is 0 Å². The molecule has 1 unspecified atom stereocenters. The van der Waals surface area contributed by atoms with E-state index < -0.39 is 10.3 Å². The average molecular weight is 183 g/mol. The Morgan fingerprint density at radius 1 is 1.36 bits per heavy atom. The minimum atomic E-state index is -1.26. The van der Waals surface area contributed by atoms with E-state index in [1.165, 1.54) is 0 Å². The van der Waals surface area contributed by atoms with Crippen molar-refractivity contribution in [3.8, 4) is 0 Å². The average Bonchev–Trinajstić information content (AvgIpc) is 1.85. The van der Waals surface area contributed by atoms with Crippen LogP contribution in [0.25, 0.3) is 0 Å². The molecular weight excluding hydrogens is 162 g/mol. The van der Waals surface area contributed by atoms with E-state index in [-0.39, 0.29) is 5.48 Å². The van der Waals surface area contributed by atoms with Crippen LogP contribution >= 0.6 is 10.3 Å². The first-order chi connectivity index (χ1) is 4.48. The summed E-state index contributed by atoms with van der Waals surface area (Å²) in [6.45, 7) is 3.04. The van der Waals surface area contributed by atoms with Crippen molar-refractivity contribution >= 4 is 10.3 Å². The second kappa shape index (κ2) is 5.83. The molecule has 0 aromatic carbocycles. The van der Waals surface area contributed by atoms with E-state index in [0.29, 0.717) is 0 Å². The number of hydrogen-bond acceptors (Lipinski definition) is 2. The van der Waals surface area contributed by atoms with Crippen LogP contribution in [0, 0.1) is 0 Å². The summed E-state index contributed by atoms with van der Waals surface area (Å²) < 4.78 is 9.63. The van der Waals surface area contributed by atoms with E-state index >= 15 is 0 Å². The molecule has 0 spiro atoms. The van der Waals surface area contributed by atoms with Crippen LogP contribution in [0.5, 0.6) is 0 Å². The Kier molecular flexibility index (Phi) is 7.31. The third kappa shape index (κ3) is 8.13. The second-order valence-corrected chi connectivity index (χ2v) is 6.45. The molecule has 0 saturated carbocycles. The molecule has 72 valence electrons. The summed E-state index contributed by atoms with van der Waals surface area (Å²) in [6.07, 6.45) is 1.97. The van der Waals surface area contributed by atoms with Gasteiger partial charge in [-0.2, -0.15) is 0 Å². The van der Waals surface area contributed by atoms with E-state index in [2.05, 4.69) is 4.90 Å². The summed E-state index contributed by atoms with van der Waals surface area (Å²) in [7, 11) is 2.81. The highest BCUT2D eigenvalue weighted by Gasteiger charge is 2.10. The van der Waals surface area contributed by atoms with Gasteiger partial charge in [0.15, 0.2) is 0 Å². The van der Waals surface area contributed by atoms with Crippen LogP contribution in [0.3, 0.4) is 0 Å². The van der Waals surface area contributed by atoms with Crippen LogP contribution in [0.4, 0.5) is 0 Å². The van der Waals surface area contributed by atoms with Crippen LogP contribution in [-0.2, 0) is 0 Å². The largest absolute Gasteiger partial charge is 0.412 e. The van der Waals surface area contributed by atoms with E-state index in [0.717, 1.165) is 18.1 Å². The van der Waals surface area contributed by atoms with Crippen molar-refractivity contribution in [2.45, 2.75) is 6.92 Å². The van der Waals surface area contributed by atoms with Gasteiger partial charge in [0.2, 0.25) is 0 Å². The van der Waals surface area contributed by atoms with Gasteiger partial charge in [-0.15, -0.1) is 10.3 Å². The Morgan fingerprint density at radius 3 is 2.09 bits per heavy atom. The molecule has 0 aliphatic rings. The normalized spacial score (nSPS) is 18.7. The predicted octanol–water partition coefficient (Wildman–Crippen LogP) is 0.651. The SMILES string of the molecule is CCS(C)(O)CCN(C)C.O. The van der Waals surface area contributed by atoms with Crippen LogP contribution < -0.4 is 0 Å². The fourth-order valence-electron chi connectivity index (χ4n) is 0.524. The minimum absolute atomic E-state index is 0. The van der Waals surface area contributed by atoms with Crippen molar-refractivity contribution < 1.29 is 10.0 Å². The molecule has 11 heavy (non-hydrogen) atoms. The van der Waals surface area contributed by atoms with Gasteiger partial charge in [-0.25, -0.2) is 0 Å². The van der Waals surface area contributed by atoms with Crippen LogP contribution in [0.1, 0.15) is 6.92 Å². The zero-order valence-corrected chi connectivity index (χ0v) is 8.74. The van der Waals surface area contributed by atoms with Gasteiger partial charge in [0.05, 0.1) is 0 Å². The molecule has 0 aliphatic heterocycles. The molecule has 0 fully saturated rings. The lowest BCUT2D eigenvalue weighted by Crippen LogP contribution is -2.20. The van der Waals surface area contributed by atoms with Gasteiger partial charge < -0.3 is 14.9 Å². The van der Waals surface area contributed by atoms with E-state index in [4.69, 9.17) is 0 Å². The Balaban J connectivity index is 0. The summed E-state index contributed by atoms with van der Waals surface area (Å²) in [6, 6.07) is 0. The van der Waals surface area contributed by atoms with Crippen molar-refractivity contribution in [1.29, 1.82) is 0 Å². The quantitative estimate of drug-likeness (QED) is 0.696. The maximum Gasteiger partial charge on any atom is 0.0113 e. The molecule has 3 N–H and O–H groups in total. The third-order valence-electron chi connectivity index (χ3n) is 1.60. The van der Waals surface area contributed by atoms with Crippen LogP contribution in [0.2, 0.25) is 0 Å². The van der Waals surface area contributed by atoms with Crippen LogP contribution in [0.15, 0.2) is 0 Å². The fourth-order valence-corrected chi connectivity index (χ4v) is 1.57. The topological polar surface area (TPSA) is 55.0 Å². The van der Waals surface area contributed by atoms with E-state index in [1.807, 2.05) is 27.3 Å². The highest BCUT2D eigenvalue weighted by atomic mass is 32.3. The molecule has 0 radical (unpaired) electrons. The molecule has 0 aromatic rings. The van der Waals surface area contributed by atoms with Crippen molar-refractivity contribution in [2.24, 2.45) is 0 Å². The van der Waals surface area contributed by atoms with Gasteiger partial charge in [-0.1, -0.05) is 6.92 Å². The summed E-state index contributed by atoms with van der Waals surface area (Å²) >= 11 is 0. The van der Waals surface area contributed by atoms with E-state index in [1.54, 1.807) is 0 Å². The molecule has 0 bridgehead atoms. The smallest absolute Gasteiger partial charge is 0.0113 e. The molecule has 0 aromatic heterocycles. The third-order valence-corrected chi connectivity index (χ3v) is 3.91. The zero-order chi connectivity index (χ0) is 8.20. The first-order valence-electron chi connectivity index (χ1n) is 3.59. The van der Waals surface area contributed by atoms with Crippen LogP contribution in [-0.4, -0.2) is 53.3 Å². The highest BCUT2D eigenvalue weighted by molar-refractivity contribution is 8.28. The fraction of sp³-hybridized carbons (Fsp3) is 1.00. The Morgan fingerprint density at radius 2 is 1.82 bits per heavy atom. The van der Waals surface area contributed by atoms with Crippen molar-refractivity contribution in [2.75, 3.05) is 38.4 Å². The zero-order valence-electron chi connectivity index (χ0n) is 7.92. The van der Waals surface area contributed by atoms with Crippen molar-refractivity contribution in [1.82, 2.24) is 4.90 Å². The number of rotatable bonds is 4. The Hall–Kier alpha value is 0.230. The predicted molar refractivity (Wildman–Crippen MR) is 53.7 cm³/mol. The van der Waals surface area contributed by atoms with Gasteiger partial charge >= 0.3 is 0 Å². The van der Waals surface area contributed by atoms with Crippen molar-refractivity contribution in [3.63, 3.8) is 0 Å². The molecule has 0 aliphatic carbocycles. The lowest BCUT2D eigenvalue weighted by molar-refractivity contribution is 0.433. The highest BCUT2D eigenvalue weighted by Crippen LogP contribution is 2.37. The molecule has 3 nitrogen and oxygen atoms in total. The summed E-state index contributed by atoms with van der Waals surface area (Å²) in [5.41, 5.74) is 0. The molecule has 0 rings (SSSR count). The van der Waals surface area contributed by atoms with Crippen molar-refractivity contribution in [3.05, 3.63) is 0 Å². The summed E-state index contributed by atoms with van der Waals surface area (Å²) in [4.78, 5) is 2.11. The molecule has 0 heterocycles. The molecular formula is C7H21NO2S. The lowest BCUT2D eigenvalue weighted by Gasteiger charge is -2.28. The number of hydrogen-bond donors (Lipinski definition) is 1. The maximum absolute atomic E-state index is 9.63. The Labute approximate surface area is 71.2 Å². The second-order valence-electron chi connectivity index (χ2n) is 3.02. The lowest BCUT2D eigenvalue weighted by atomic mass is 10.7. The molecule has 0 amide bonds. The van der Waals surface area contributed by atoms with E-state index in [9.17, 15) is 4.55 Å². The molecule has 4 heteroatoms. The minimum Gasteiger partial charge on any atom is -0.412 e. The first kappa shape index (κ1) is 13.8. The maximum atomic E-state index is 9.63. The van der Waals surface area contributed by atoms with Gasteiger partial charge in [-0.3, -0.25) is 0 Å². The monoisotopic (exact) mass is 183 g/mol. The van der Waals surface area contributed by atoms with Gasteiger partial charge in [0, 0.05) is 12.3 Å². The number of nitrogens with zero attached hydrogens (tertiary/aromatic N) is 1. The van der Waals surface area contributed by atoms with Gasteiger partial charge in [0.25, 0.3) is 0 Å². The van der Waals surface area contributed by atoms with Gasteiger partial charge in [-0.05, 0) is 26.1 Å². The summed E-state index contributed by atoms with van der Waals surface area (Å²) in [5.74, 6) is 1.86. The first-order valence-corrected chi connectivity index (χ1v) is 5.92. The Bertz CT molecular complexity index is 96.4. The molecule has 0 saturated heterocycles. The summed E-state index contributed by atoms with van der Waals surface area (Å²) in [5, 5.41) is 0.